The van der Waals surface area contributed by atoms with E-state index in [0.29, 0.717) is 58.7 Å². The van der Waals surface area contributed by atoms with Gasteiger partial charge in [0.2, 0.25) is 5.76 Å². The molecule has 2 N–H and O–H groups in total. The number of rotatable bonds is 4. The van der Waals surface area contributed by atoms with Gasteiger partial charge in [0, 0.05) is 34.7 Å². The quantitative estimate of drug-likeness (QED) is 0.668. The molecule has 4 heterocycles. The van der Waals surface area contributed by atoms with Gasteiger partial charge in [-0.1, -0.05) is 35.0 Å². The van der Waals surface area contributed by atoms with Crippen LogP contribution in [0, 0.1) is 0 Å². The Morgan fingerprint density at radius 2 is 2.06 bits per heavy atom. The molecule has 1 aromatic carbocycles. The lowest BCUT2D eigenvalue weighted by Gasteiger charge is -2.32. The number of oxime groups is 1. The van der Waals surface area contributed by atoms with E-state index in [9.17, 15) is 14.7 Å². The van der Waals surface area contributed by atoms with Crippen molar-refractivity contribution < 1.29 is 29.0 Å². The lowest BCUT2D eigenvalue weighted by atomic mass is 9.77. The number of aliphatic carboxylic acids is 1. The minimum atomic E-state index is -1.04. The SMILES string of the molecule is CC(OC(=O)N=C1C=NOC1=C1C=c2cc(C3(C(=O)O)CCOCC3)[nH]c2=N1)c1ccccc1Cl. The number of allylic oxidation sites excluding steroid dienone is 2. The number of ether oxygens (including phenoxy) is 2. The average molecular weight is 497 g/mol. The fourth-order valence-corrected chi connectivity index (χ4v) is 4.58. The van der Waals surface area contributed by atoms with E-state index in [1.807, 2.05) is 0 Å². The smallest absolute Gasteiger partial charge is 0.434 e. The van der Waals surface area contributed by atoms with E-state index < -0.39 is 23.6 Å². The van der Waals surface area contributed by atoms with E-state index in [1.54, 1.807) is 43.3 Å². The number of hydrogen-bond acceptors (Lipinski definition) is 7. The molecule has 1 saturated heterocycles. The standard InChI is InChI=1S/C24H21ClN4O6/c1-13(15-4-2-3-5-16(15)25)34-23(32)28-18-12-26-35-20(18)17-10-14-11-19(29-21(14)27-17)24(22(30)31)6-8-33-9-7-24/h2-5,10-13H,6-9H2,1H3,(H,27,29)(H,30,31). The van der Waals surface area contributed by atoms with E-state index in [1.165, 1.54) is 6.21 Å². The zero-order chi connectivity index (χ0) is 24.6. The lowest BCUT2D eigenvalue weighted by Crippen LogP contribution is -2.41. The second kappa shape index (κ2) is 9.12. The van der Waals surface area contributed by atoms with Gasteiger partial charge in [-0.05, 0) is 38.0 Å². The Morgan fingerprint density at radius 1 is 1.29 bits per heavy atom. The summed E-state index contributed by atoms with van der Waals surface area (Å²) in [7, 11) is 0. The Morgan fingerprint density at radius 3 is 2.77 bits per heavy atom. The molecule has 3 aliphatic rings. The zero-order valence-electron chi connectivity index (χ0n) is 18.7. The number of fused-ring (bicyclic) bond motifs is 1. The molecule has 1 unspecified atom stereocenters. The highest BCUT2D eigenvalue weighted by Crippen LogP contribution is 2.33. The lowest BCUT2D eigenvalue weighted by molar-refractivity contribution is -0.148. The van der Waals surface area contributed by atoms with Gasteiger partial charge in [0.1, 0.15) is 28.4 Å². The van der Waals surface area contributed by atoms with Crippen LogP contribution in [0.1, 0.15) is 37.1 Å². The van der Waals surface area contributed by atoms with Crippen LogP contribution in [0.3, 0.4) is 0 Å². The molecule has 2 aromatic rings. The maximum Gasteiger partial charge on any atom is 0.434 e. The molecule has 180 valence electrons. The molecule has 5 rings (SSSR count). The van der Waals surface area contributed by atoms with Crippen molar-refractivity contribution in [3.8, 4) is 0 Å². The van der Waals surface area contributed by atoms with Crippen LogP contribution in [0.4, 0.5) is 4.79 Å². The minimum absolute atomic E-state index is 0.160. The van der Waals surface area contributed by atoms with E-state index in [2.05, 4.69) is 20.1 Å². The first kappa shape index (κ1) is 23.0. The highest BCUT2D eigenvalue weighted by molar-refractivity contribution is 6.40. The summed E-state index contributed by atoms with van der Waals surface area (Å²) >= 11 is 6.17. The number of aliphatic imine (C=N–C) groups is 1. The predicted octanol–water partition coefficient (Wildman–Crippen LogP) is 2.78. The molecule has 1 fully saturated rings. The molecule has 11 heteroatoms. The number of H-pyrrole nitrogens is 1. The third-order valence-electron chi connectivity index (χ3n) is 6.24. The first-order valence-corrected chi connectivity index (χ1v) is 11.3. The third-order valence-corrected chi connectivity index (χ3v) is 6.58. The first-order chi connectivity index (χ1) is 16.9. The number of carbonyl (C=O) groups excluding carboxylic acids is 1. The highest BCUT2D eigenvalue weighted by Gasteiger charge is 2.43. The molecule has 1 amide bonds. The number of carboxylic acids is 1. The fraction of sp³-hybridized carbons (Fsp3) is 0.292. The fourth-order valence-electron chi connectivity index (χ4n) is 4.29. The van der Waals surface area contributed by atoms with Crippen molar-refractivity contribution >= 4 is 41.7 Å². The maximum absolute atomic E-state index is 12.4. The molecular weight excluding hydrogens is 476 g/mol. The summed E-state index contributed by atoms with van der Waals surface area (Å²) in [5.74, 6) is -0.705. The molecule has 10 nitrogen and oxygen atoms in total. The monoisotopic (exact) mass is 496 g/mol. The Hall–Kier alpha value is -3.76. The Kier molecular flexibility index (Phi) is 6.00. The third kappa shape index (κ3) is 4.26. The van der Waals surface area contributed by atoms with Crippen molar-refractivity contribution in [2.24, 2.45) is 15.1 Å². The number of aromatic nitrogens is 1. The molecule has 1 aromatic heterocycles. The molecule has 35 heavy (non-hydrogen) atoms. The summed E-state index contributed by atoms with van der Waals surface area (Å²) in [5, 5.41) is 14.8. The number of amides is 1. The second-order valence-electron chi connectivity index (χ2n) is 8.33. The summed E-state index contributed by atoms with van der Waals surface area (Å²) in [6, 6.07) is 8.85. The maximum atomic E-state index is 12.4. The molecule has 3 aliphatic heterocycles. The van der Waals surface area contributed by atoms with Gasteiger partial charge in [-0.15, -0.1) is 0 Å². The molecular formula is C24H21ClN4O6. The summed E-state index contributed by atoms with van der Waals surface area (Å²) in [5.41, 5.74) is 1.26. The zero-order valence-corrected chi connectivity index (χ0v) is 19.4. The number of carboxylic acid groups (broad SMARTS) is 1. The number of hydrogen-bond donors (Lipinski definition) is 2. The Labute approximate surface area is 204 Å². The number of benzene rings is 1. The van der Waals surface area contributed by atoms with Crippen LogP contribution < -0.4 is 10.7 Å². The van der Waals surface area contributed by atoms with Crippen molar-refractivity contribution in [3.05, 3.63) is 68.8 Å². The Bertz CT molecular complexity index is 1380. The average Bonchev–Trinajstić information content (AvgIpc) is 3.54. The largest absolute Gasteiger partial charge is 0.481 e. The normalized spacial score (nSPS) is 22.2. The second-order valence-corrected chi connectivity index (χ2v) is 8.73. The van der Waals surface area contributed by atoms with E-state index in [4.69, 9.17) is 25.9 Å². The minimum Gasteiger partial charge on any atom is -0.481 e. The van der Waals surface area contributed by atoms with Gasteiger partial charge < -0.3 is 24.4 Å². The van der Waals surface area contributed by atoms with Gasteiger partial charge in [0.15, 0.2) is 0 Å². The van der Waals surface area contributed by atoms with Crippen molar-refractivity contribution in [1.82, 2.24) is 4.98 Å². The van der Waals surface area contributed by atoms with Gasteiger partial charge in [0.25, 0.3) is 0 Å². The van der Waals surface area contributed by atoms with Gasteiger partial charge in [-0.25, -0.2) is 9.79 Å². The molecule has 0 bridgehead atoms. The van der Waals surface area contributed by atoms with Crippen LogP contribution in [0.15, 0.2) is 56.9 Å². The van der Waals surface area contributed by atoms with E-state index in [-0.39, 0.29) is 11.5 Å². The molecule has 0 radical (unpaired) electrons. The molecule has 0 aliphatic carbocycles. The van der Waals surface area contributed by atoms with Crippen molar-refractivity contribution in [2.75, 3.05) is 13.2 Å². The van der Waals surface area contributed by atoms with Crippen LogP contribution in [-0.2, 0) is 24.5 Å². The summed E-state index contributed by atoms with van der Waals surface area (Å²) in [4.78, 5) is 41.4. The van der Waals surface area contributed by atoms with Gasteiger partial charge >= 0.3 is 12.1 Å². The summed E-state index contributed by atoms with van der Waals surface area (Å²) in [6.07, 6.45) is 2.33. The number of halogens is 1. The summed E-state index contributed by atoms with van der Waals surface area (Å²) < 4.78 is 10.7. The summed E-state index contributed by atoms with van der Waals surface area (Å²) in [6.45, 7) is 2.45. The molecule has 0 saturated carbocycles. The van der Waals surface area contributed by atoms with Crippen molar-refractivity contribution in [3.63, 3.8) is 0 Å². The molecule has 0 spiro atoms. The Balaban J connectivity index is 1.39. The van der Waals surface area contributed by atoms with Gasteiger partial charge in [-0.2, -0.15) is 4.99 Å². The van der Waals surface area contributed by atoms with Gasteiger partial charge in [-0.3, -0.25) is 4.79 Å². The van der Waals surface area contributed by atoms with Crippen molar-refractivity contribution in [2.45, 2.75) is 31.3 Å². The van der Waals surface area contributed by atoms with Crippen molar-refractivity contribution in [1.29, 1.82) is 0 Å². The van der Waals surface area contributed by atoms with Crippen LogP contribution in [0.5, 0.6) is 0 Å². The highest BCUT2D eigenvalue weighted by atomic mass is 35.5. The predicted molar refractivity (Wildman–Crippen MR) is 126 cm³/mol. The van der Waals surface area contributed by atoms with Crippen LogP contribution in [-0.4, -0.2) is 47.3 Å². The van der Waals surface area contributed by atoms with Crippen LogP contribution in [0.25, 0.3) is 6.08 Å². The van der Waals surface area contributed by atoms with E-state index in [0.717, 1.165) is 0 Å². The van der Waals surface area contributed by atoms with Gasteiger partial charge in [0.05, 0.1) is 6.21 Å². The van der Waals surface area contributed by atoms with Crippen LogP contribution >= 0.6 is 11.6 Å². The number of carbonyl (C=O) groups is 2. The van der Waals surface area contributed by atoms with Crippen LogP contribution in [0.2, 0.25) is 5.02 Å². The first-order valence-electron chi connectivity index (χ1n) is 11.0. The number of nitrogens with zero attached hydrogens (tertiary/aromatic N) is 3. The number of aromatic amines is 1. The molecule has 1 atom stereocenters. The van der Waals surface area contributed by atoms with E-state index >= 15 is 0 Å². The number of nitrogens with one attached hydrogen (secondary N) is 1. The topological polar surface area (TPSA) is 135 Å².